The highest BCUT2D eigenvalue weighted by Gasteiger charge is 2.37. The topological polar surface area (TPSA) is 4.93 Å². The van der Waals surface area contributed by atoms with E-state index in [0.29, 0.717) is 0 Å². The van der Waals surface area contributed by atoms with Crippen LogP contribution in [0, 0.1) is 0 Å². The molecule has 0 saturated carbocycles. The molecule has 0 radical (unpaired) electrons. The van der Waals surface area contributed by atoms with Crippen molar-refractivity contribution < 1.29 is 0 Å². The Bertz CT molecular complexity index is 3010. The van der Waals surface area contributed by atoms with Gasteiger partial charge < -0.3 is 4.57 Å². The lowest BCUT2D eigenvalue weighted by atomic mass is 9.81. The van der Waals surface area contributed by atoms with Crippen LogP contribution in [0.1, 0.15) is 49.9 Å². The predicted octanol–water partition coefficient (Wildman–Crippen LogP) is 14.4. The van der Waals surface area contributed by atoms with Gasteiger partial charge in [-0.15, -0.1) is 0 Å². The van der Waals surface area contributed by atoms with E-state index in [0.717, 1.165) is 0 Å². The third-order valence-corrected chi connectivity index (χ3v) is 12.8. The van der Waals surface area contributed by atoms with Crippen molar-refractivity contribution in [2.24, 2.45) is 0 Å². The van der Waals surface area contributed by atoms with Gasteiger partial charge in [0, 0.05) is 27.3 Å². The molecule has 11 rings (SSSR count). The molecular weight excluding hydrogens is 663 g/mol. The molecule has 0 fully saturated rings. The van der Waals surface area contributed by atoms with Crippen LogP contribution in [-0.4, -0.2) is 4.57 Å². The number of hydrogen-bond acceptors (Lipinski definition) is 0. The molecule has 262 valence electrons. The van der Waals surface area contributed by atoms with E-state index in [4.69, 9.17) is 0 Å². The summed E-state index contributed by atoms with van der Waals surface area (Å²) < 4.78 is 2.43. The monoisotopic (exact) mass is 703 g/mol. The van der Waals surface area contributed by atoms with E-state index < -0.39 is 0 Å². The highest BCUT2D eigenvalue weighted by molar-refractivity contribution is 6.16. The average Bonchev–Trinajstić information content (AvgIpc) is 3.77. The second kappa shape index (κ2) is 11.5. The first-order chi connectivity index (χ1) is 26.8. The molecule has 55 heavy (non-hydrogen) atoms. The summed E-state index contributed by atoms with van der Waals surface area (Å²) in [7, 11) is 0. The van der Waals surface area contributed by atoms with Crippen molar-refractivity contribution in [3.05, 3.63) is 198 Å². The number of benzene rings is 8. The van der Waals surface area contributed by atoms with Gasteiger partial charge in [0.15, 0.2) is 0 Å². The van der Waals surface area contributed by atoms with E-state index in [9.17, 15) is 0 Å². The second-order valence-corrected chi connectivity index (χ2v) is 16.5. The van der Waals surface area contributed by atoms with Gasteiger partial charge in [0.2, 0.25) is 0 Å². The normalized spacial score (nSPS) is 14.5. The quantitative estimate of drug-likeness (QED) is 0.172. The van der Waals surface area contributed by atoms with Gasteiger partial charge in [-0.1, -0.05) is 161 Å². The fourth-order valence-electron chi connectivity index (χ4n) is 9.99. The molecular formula is C54H41N. The molecule has 0 spiro atoms. The van der Waals surface area contributed by atoms with E-state index in [1.165, 1.54) is 105 Å². The van der Waals surface area contributed by atoms with Gasteiger partial charge in [-0.2, -0.15) is 0 Å². The molecule has 2 aliphatic carbocycles. The minimum Gasteiger partial charge on any atom is -0.309 e. The van der Waals surface area contributed by atoms with E-state index in [1.54, 1.807) is 0 Å². The lowest BCUT2D eigenvalue weighted by molar-refractivity contribution is 0.660. The summed E-state index contributed by atoms with van der Waals surface area (Å²) in [5.74, 6) is 0. The SMILES string of the molecule is CC1(C)c2ccccc2-c2cc(-c3ccc4c(c3)-c3cc(-c5cccc6c5c5ccccc5n6-c5ccc(-c6ccccc6)cc5)ccc3C4(C)C)ccc21. The maximum Gasteiger partial charge on any atom is 0.0547 e. The third kappa shape index (κ3) is 4.60. The summed E-state index contributed by atoms with van der Waals surface area (Å²) in [6.45, 7) is 9.46. The molecule has 0 aliphatic heterocycles. The highest BCUT2D eigenvalue weighted by atomic mass is 15.0. The zero-order valence-corrected chi connectivity index (χ0v) is 31.7. The highest BCUT2D eigenvalue weighted by Crippen LogP contribution is 2.53. The summed E-state index contributed by atoms with van der Waals surface area (Å²) in [5, 5.41) is 2.56. The average molecular weight is 704 g/mol. The van der Waals surface area contributed by atoms with Gasteiger partial charge in [-0.3, -0.25) is 0 Å². The first-order valence-corrected chi connectivity index (χ1v) is 19.5. The standard InChI is InChI=1S/C54H41N/c1-53(2)46-18-10-8-15-41(46)43-31-36(23-28-47(43)53)37-24-29-48-44(32-37)45-33-38(25-30-49(45)54(48,3)4)40-17-12-20-51-52(40)42-16-9-11-19-50(42)55(51)39-26-21-35(22-27-39)34-13-6-5-7-14-34/h5-33H,1-4H3. The molecule has 1 nitrogen and oxygen atoms in total. The predicted molar refractivity (Wildman–Crippen MR) is 232 cm³/mol. The van der Waals surface area contributed by atoms with Crippen LogP contribution in [0.15, 0.2) is 176 Å². The molecule has 9 aromatic rings. The van der Waals surface area contributed by atoms with E-state index in [2.05, 4.69) is 208 Å². The Morgan fingerprint density at radius 1 is 0.327 bits per heavy atom. The van der Waals surface area contributed by atoms with Crippen molar-refractivity contribution in [2.75, 3.05) is 0 Å². The molecule has 1 heterocycles. The van der Waals surface area contributed by atoms with Gasteiger partial charge in [-0.25, -0.2) is 0 Å². The van der Waals surface area contributed by atoms with E-state index in [1.807, 2.05) is 0 Å². The largest absolute Gasteiger partial charge is 0.309 e. The number of hydrogen-bond donors (Lipinski definition) is 0. The molecule has 1 aromatic heterocycles. The Morgan fingerprint density at radius 3 is 1.49 bits per heavy atom. The third-order valence-electron chi connectivity index (χ3n) is 12.8. The summed E-state index contributed by atoms with van der Waals surface area (Å²) in [5.41, 5.74) is 22.0. The molecule has 0 amide bonds. The lowest BCUT2D eigenvalue weighted by Crippen LogP contribution is -2.15. The molecule has 0 atom stereocenters. The van der Waals surface area contributed by atoms with Gasteiger partial charge in [0.25, 0.3) is 0 Å². The molecule has 0 saturated heterocycles. The van der Waals surface area contributed by atoms with E-state index >= 15 is 0 Å². The molecule has 8 aromatic carbocycles. The number of fused-ring (bicyclic) bond motifs is 9. The Kier molecular flexibility index (Phi) is 6.72. The number of nitrogens with zero attached hydrogens (tertiary/aromatic N) is 1. The van der Waals surface area contributed by atoms with Gasteiger partial charge in [-0.05, 0) is 120 Å². The minimum atomic E-state index is -0.0867. The summed E-state index contributed by atoms with van der Waals surface area (Å²) >= 11 is 0. The summed E-state index contributed by atoms with van der Waals surface area (Å²) in [4.78, 5) is 0. The number of para-hydroxylation sites is 1. The lowest BCUT2D eigenvalue weighted by Gasteiger charge is -2.22. The van der Waals surface area contributed by atoms with Crippen molar-refractivity contribution >= 4 is 21.8 Å². The van der Waals surface area contributed by atoms with Crippen molar-refractivity contribution in [1.29, 1.82) is 0 Å². The van der Waals surface area contributed by atoms with Gasteiger partial charge >= 0.3 is 0 Å². The Hall–Kier alpha value is -6.44. The maximum atomic E-state index is 2.46. The Balaban J connectivity index is 1.04. The fourth-order valence-corrected chi connectivity index (χ4v) is 9.99. The Labute approximate surface area is 323 Å². The van der Waals surface area contributed by atoms with Crippen LogP contribution in [0.2, 0.25) is 0 Å². The minimum absolute atomic E-state index is 0.00388. The van der Waals surface area contributed by atoms with Crippen molar-refractivity contribution in [1.82, 2.24) is 4.57 Å². The first-order valence-electron chi connectivity index (χ1n) is 19.5. The summed E-state index contributed by atoms with van der Waals surface area (Å²) in [6.07, 6.45) is 0. The molecule has 2 aliphatic rings. The summed E-state index contributed by atoms with van der Waals surface area (Å²) in [6, 6.07) is 65.7. The van der Waals surface area contributed by atoms with Crippen LogP contribution in [0.5, 0.6) is 0 Å². The van der Waals surface area contributed by atoms with Crippen LogP contribution < -0.4 is 0 Å². The molecule has 0 N–H and O–H groups in total. The van der Waals surface area contributed by atoms with Crippen LogP contribution in [-0.2, 0) is 10.8 Å². The number of aromatic nitrogens is 1. The van der Waals surface area contributed by atoms with Crippen molar-refractivity contribution in [3.8, 4) is 61.3 Å². The molecule has 0 unspecified atom stereocenters. The molecule has 0 bridgehead atoms. The Morgan fingerprint density at radius 2 is 0.800 bits per heavy atom. The van der Waals surface area contributed by atoms with Gasteiger partial charge in [0.05, 0.1) is 11.0 Å². The molecule has 1 heteroatoms. The van der Waals surface area contributed by atoms with Crippen LogP contribution >= 0.6 is 0 Å². The zero-order chi connectivity index (χ0) is 37.1. The smallest absolute Gasteiger partial charge is 0.0547 e. The van der Waals surface area contributed by atoms with Crippen molar-refractivity contribution in [2.45, 2.75) is 38.5 Å². The van der Waals surface area contributed by atoms with Crippen molar-refractivity contribution in [3.63, 3.8) is 0 Å². The van der Waals surface area contributed by atoms with Gasteiger partial charge in [0.1, 0.15) is 0 Å². The maximum absolute atomic E-state index is 2.46. The second-order valence-electron chi connectivity index (χ2n) is 16.5. The zero-order valence-electron chi connectivity index (χ0n) is 31.7. The van der Waals surface area contributed by atoms with Crippen LogP contribution in [0.3, 0.4) is 0 Å². The van der Waals surface area contributed by atoms with Crippen LogP contribution in [0.4, 0.5) is 0 Å². The van der Waals surface area contributed by atoms with E-state index in [-0.39, 0.29) is 10.8 Å². The first kappa shape index (κ1) is 32.0. The fraction of sp³-hybridized carbons (Fsp3) is 0.111. The van der Waals surface area contributed by atoms with Crippen LogP contribution in [0.25, 0.3) is 83.1 Å². The number of rotatable bonds is 4.